The minimum atomic E-state index is -0.658. The van der Waals surface area contributed by atoms with Crippen molar-refractivity contribution in [1.29, 1.82) is 0 Å². The van der Waals surface area contributed by atoms with Gasteiger partial charge in [0.1, 0.15) is 19.8 Å². The average Bonchev–Trinajstić information content (AvgIpc) is 3.31. The van der Waals surface area contributed by atoms with Crippen LogP contribution in [0.4, 0.5) is 5.69 Å². The monoisotopic (exact) mass is 460 g/mol. The summed E-state index contributed by atoms with van der Waals surface area (Å²) in [7, 11) is 0. The van der Waals surface area contributed by atoms with Crippen LogP contribution in [0.25, 0.3) is 0 Å². The number of esters is 1. The lowest BCUT2D eigenvalue weighted by atomic mass is 10.1. The van der Waals surface area contributed by atoms with Crippen molar-refractivity contribution in [2.24, 2.45) is 5.92 Å². The van der Waals surface area contributed by atoms with Gasteiger partial charge in [-0.1, -0.05) is 19.9 Å². The van der Waals surface area contributed by atoms with Gasteiger partial charge in [0.25, 0.3) is 5.91 Å². The molecule has 3 rings (SSSR count). The molecule has 1 aliphatic rings. The van der Waals surface area contributed by atoms with Crippen molar-refractivity contribution in [3.8, 4) is 11.5 Å². The zero-order valence-electron chi connectivity index (χ0n) is 18.3. The van der Waals surface area contributed by atoms with Gasteiger partial charge in [0.05, 0.1) is 6.54 Å². The quantitative estimate of drug-likeness (QED) is 0.548. The molecule has 1 N–H and O–H groups in total. The number of ether oxygens (including phenoxy) is 3. The maximum atomic E-state index is 13.0. The van der Waals surface area contributed by atoms with Crippen LogP contribution in [-0.4, -0.2) is 44.1 Å². The van der Waals surface area contributed by atoms with Crippen LogP contribution < -0.4 is 19.7 Å². The van der Waals surface area contributed by atoms with Crippen molar-refractivity contribution >= 4 is 34.8 Å². The molecule has 0 radical (unpaired) electrons. The van der Waals surface area contributed by atoms with Crippen LogP contribution in [-0.2, 0) is 25.7 Å². The van der Waals surface area contributed by atoms with Gasteiger partial charge in [-0.3, -0.25) is 14.4 Å². The molecule has 0 fully saturated rings. The molecule has 172 valence electrons. The van der Waals surface area contributed by atoms with Crippen LogP contribution in [0, 0.1) is 5.92 Å². The maximum absolute atomic E-state index is 13.0. The van der Waals surface area contributed by atoms with E-state index < -0.39 is 12.6 Å². The number of anilines is 1. The lowest BCUT2D eigenvalue weighted by Crippen LogP contribution is -2.36. The van der Waals surface area contributed by atoms with Gasteiger partial charge in [-0.05, 0) is 35.9 Å². The molecule has 0 spiro atoms. The van der Waals surface area contributed by atoms with Gasteiger partial charge in [0.15, 0.2) is 18.1 Å². The topological polar surface area (TPSA) is 94.2 Å². The first kappa shape index (κ1) is 23.6. The fourth-order valence-electron chi connectivity index (χ4n) is 3.03. The van der Waals surface area contributed by atoms with Crippen LogP contribution in [0.1, 0.15) is 31.6 Å². The number of hydrogen-bond acceptors (Lipinski definition) is 7. The predicted molar refractivity (Wildman–Crippen MR) is 121 cm³/mol. The van der Waals surface area contributed by atoms with E-state index in [4.69, 9.17) is 14.2 Å². The van der Waals surface area contributed by atoms with Crippen LogP contribution in [0.15, 0.2) is 35.7 Å². The van der Waals surface area contributed by atoms with Crippen LogP contribution in [0.3, 0.4) is 0 Å². The summed E-state index contributed by atoms with van der Waals surface area (Å²) in [6, 6.07) is 9.12. The summed E-state index contributed by atoms with van der Waals surface area (Å²) in [5.74, 6) is 0.351. The SMILES string of the molecule is CC(C)CCC(=O)NCC(=O)OCC(=O)N(Cc1cccs1)c1ccc2c(c1)OCCO2. The molecule has 8 nitrogen and oxygen atoms in total. The molecule has 0 saturated heterocycles. The number of nitrogens with zero attached hydrogens (tertiary/aromatic N) is 1. The normalized spacial score (nSPS) is 12.3. The molecule has 0 atom stereocenters. The summed E-state index contributed by atoms with van der Waals surface area (Å²) >= 11 is 1.53. The van der Waals surface area contributed by atoms with Gasteiger partial charge in [-0.2, -0.15) is 0 Å². The first-order valence-corrected chi connectivity index (χ1v) is 11.4. The summed E-state index contributed by atoms with van der Waals surface area (Å²) in [4.78, 5) is 39.3. The Kier molecular flexibility index (Phi) is 8.49. The van der Waals surface area contributed by atoms with E-state index in [1.165, 1.54) is 11.3 Å². The predicted octanol–water partition coefficient (Wildman–Crippen LogP) is 3.15. The Hall–Kier alpha value is -3.07. The molecule has 1 aromatic carbocycles. The summed E-state index contributed by atoms with van der Waals surface area (Å²) in [5, 5.41) is 4.46. The summed E-state index contributed by atoms with van der Waals surface area (Å²) in [6.45, 7) is 4.61. The Morgan fingerprint density at radius 3 is 2.66 bits per heavy atom. The molecule has 0 bridgehead atoms. The second kappa shape index (κ2) is 11.5. The third kappa shape index (κ3) is 6.98. The molecule has 0 aliphatic carbocycles. The molecular weight excluding hydrogens is 432 g/mol. The van der Waals surface area contributed by atoms with E-state index in [0.717, 1.165) is 11.3 Å². The van der Waals surface area contributed by atoms with Crippen molar-refractivity contribution in [3.05, 3.63) is 40.6 Å². The van der Waals surface area contributed by atoms with Crippen molar-refractivity contribution < 1.29 is 28.6 Å². The first-order valence-electron chi connectivity index (χ1n) is 10.6. The van der Waals surface area contributed by atoms with Crippen molar-refractivity contribution in [2.45, 2.75) is 33.2 Å². The standard InChI is InChI=1S/C23H28N2O6S/c1-16(2)5-8-21(26)24-13-23(28)31-15-22(27)25(14-18-4-3-11-32-18)17-6-7-19-20(12-17)30-10-9-29-19/h3-4,6-7,11-12,16H,5,8-10,13-15H2,1-2H3,(H,24,26). The molecule has 0 unspecified atom stereocenters. The summed E-state index contributed by atoms with van der Waals surface area (Å²) in [5.41, 5.74) is 0.616. The number of thiophene rings is 1. The molecule has 2 aromatic rings. The zero-order valence-corrected chi connectivity index (χ0v) is 19.1. The second-order valence-corrected chi connectivity index (χ2v) is 8.79. The van der Waals surface area contributed by atoms with Crippen LogP contribution in [0.2, 0.25) is 0 Å². The van der Waals surface area contributed by atoms with Gasteiger partial charge >= 0.3 is 5.97 Å². The van der Waals surface area contributed by atoms with Crippen LogP contribution >= 0.6 is 11.3 Å². The molecule has 9 heteroatoms. The number of carbonyl (C=O) groups is 3. The first-order chi connectivity index (χ1) is 15.4. The fourth-order valence-corrected chi connectivity index (χ4v) is 3.72. The summed E-state index contributed by atoms with van der Waals surface area (Å²) < 4.78 is 16.3. The minimum absolute atomic E-state index is 0.211. The number of hydrogen-bond donors (Lipinski definition) is 1. The molecule has 1 aliphatic heterocycles. The number of amides is 2. The Labute approximate surface area is 191 Å². The van der Waals surface area contributed by atoms with E-state index in [-0.39, 0.29) is 18.4 Å². The van der Waals surface area contributed by atoms with Gasteiger partial charge in [-0.25, -0.2) is 0 Å². The van der Waals surface area contributed by atoms with Gasteiger partial charge < -0.3 is 24.4 Å². The lowest BCUT2D eigenvalue weighted by Gasteiger charge is -2.25. The fraction of sp³-hybridized carbons (Fsp3) is 0.435. The Bertz CT molecular complexity index is 929. The molecular formula is C23H28N2O6S. The molecule has 2 heterocycles. The number of fused-ring (bicyclic) bond motifs is 1. The van der Waals surface area contributed by atoms with Crippen molar-refractivity contribution in [1.82, 2.24) is 5.32 Å². The van der Waals surface area contributed by atoms with E-state index in [1.807, 2.05) is 31.4 Å². The Morgan fingerprint density at radius 1 is 1.16 bits per heavy atom. The highest BCUT2D eigenvalue weighted by molar-refractivity contribution is 7.09. The minimum Gasteiger partial charge on any atom is -0.486 e. The third-order valence-corrected chi connectivity index (χ3v) is 5.63. The van der Waals surface area contributed by atoms with Gasteiger partial charge in [0, 0.05) is 23.1 Å². The van der Waals surface area contributed by atoms with Crippen molar-refractivity contribution in [3.63, 3.8) is 0 Å². The molecule has 1 aromatic heterocycles. The highest BCUT2D eigenvalue weighted by Gasteiger charge is 2.21. The largest absolute Gasteiger partial charge is 0.486 e. The number of nitrogens with one attached hydrogen (secondary N) is 1. The third-order valence-electron chi connectivity index (χ3n) is 4.77. The highest BCUT2D eigenvalue weighted by Crippen LogP contribution is 2.34. The number of carbonyl (C=O) groups excluding carboxylic acids is 3. The Morgan fingerprint density at radius 2 is 1.94 bits per heavy atom. The average molecular weight is 461 g/mol. The Balaban J connectivity index is 1.59. The van der Waals surface area contributed by atoms with E-state index in [1.54, 1.807) is 23.1 Å². The van der Waals surface area contributed by atoms with E-state index >= 15 is 0 Å². The number of rotatable bonds is 10. The highest BCUT2D eigenvalue weighted by atomic mass is 32.1. The van der Waals surface area contributed by atoms with E-state index in [0.29, 0.717) is 49.3 Å². The maximum Gasteiger partial charge on any atom is 0.325 e. The van der Waals surface area contributed by atoms with Crippen LogP contribution in [0.5, 0.6) is 11.5 Å². The molecule has 0 saturated carbocycles. The molecule has 32 heavy (non-hydrogen) atoms. The van der Waals surface area contributed by atoms with E-state index in [2.05, 4.69) is 5.32 Å². The van der Waals surface area contributed by atoms with Gasteiger partial charge in [-0.15, -0.1) is 11.3 Å². The second-order valence-electron chi connectivity index (χ2n) is 7.76. The lowest BCUT2D eigenvalue weighted by molar-refractivity contribution is -0.147. The smallest absolute Gasteiger partial charge is 0.325 e. The van der Waals surface area contributed by atoms with Gasteiger partial charge in [0.2, 0.25) is 5.91 Å². The number of benzene rings is 1. The summed E-state index contributed by atoms with van der Waals surface area (Å²) in [6.07, 6.45) is 1.09. The van der Waals surface area contributed by atoms with Crippen molar-refractivity contribution in [2.75, 3.05) is 31.3 Å². The zero-order chi connectivity index (χ0) is 22.9. The van der Waals surface area contributed by atoms with E-state index in [9.17, 15) is 14.4 Å². The molecule has 2 amide bonds.